The molecular weight excluding hydrogens is 309 g/mol. The number of hydrogen-bond donors (Lipinski definition) is 1. The lowest BCUT2D eigenvalue weighted by molar-refractivity contribution is -0.127. The molecule has 1 saturated heterocycles. The number of carbonyl (C=O) groups excluding carboxylic acids is 1. The van der Waals surface area contributed by atoms with Crippen molar-refractivity contribution in [1.82, 2.24) is 4.90 Å². The average molecular weight is 325 g/mol. The molecule has 1 heterocycles. The number of hydrogen-bond acceptors (Lipinski definition) is 4. The summed E-state index contributed by atoms with van der Waals surface area (Å²) >= 11 is 0. The van der Waals surface area contributed by atoms with Gasteiger partial charge in [0.1, 0.15) is 17.9 Å². The Morgan fingerprint density at radius 2 is 2.08 bits per heavy atom. The van der Waals surface area contributed by atoms with Gasteiger partial charge in [-0.3, -0.25) is 4.79 Å². The van der Waals surface area contributed by atoms with E-state index in [9.17, 15) is 9.18 Å². The van der Waals surface area contributed by atoms with Crippen molar-refractivity contribution in [1.29, 1.82) is 5.26 Å². The van der Waals surface area contributed by atoms with E-state index < -0.39 is 5.82 Å². The van der Waals surface area contributed by atoms with Gasteiger partial charge in [0, 0.05) is 25.3 Å². The smallest absolute Gasteiger partial charge is 0.244 e. The molecule has 2 aromatic carbocycles. The molecule has 6 heteroatoms. The summed E-state index contributed by atoms with van der Waals surface area (Å²) in [6, 6.07) is 12.7. The Labute approximate surface area is 139 Å². The maximum Gasteiger partial charge on any atom is 0.244 e. The number of carbonyl (C=O) groups is 1. The van der Waals surface area contributed by atoms with Crippen molar-refractivity contribution < 1.29 is 13.9 Å². The highest BCUT2D eigenvalue weighted by Gasteiger charge is 2.28. The third-order valence-electron chi connectivity index (χ3n) is 3.93. The molecule has 1 aliphatic rings. The number of amides is 1. The molecule has 0 unspecified atom stereocenters. The van der Waals surface area contributed by atoms with Crippen LogP contribution in [0.15, 0.2) is 42.5 Å². The molecule has 0 saturated carbocycles. The molecule has 0 spiro atoms. The lowest BCUT2D eigenvalue weighted by Crippen LogP contribution is -2.30. The van der Waals surface area contributed by atoms with E-state index in [0.29, 0.717) is 30.0 Å². The first-order valence-electron chi connectivity index (χ1n) is 7.56. The quantitative estimate of drug-likeness (QED) is 0.938. The van der Waals surface area contributed by atoms with E-state index in [4.69, 9.17) is 10.00 Å². The number of halogens is 1. The summed E-state index contributed by atoms with van der Waals surface area (Å²) in [7, 11) is 1.74. The molecular formula is C18H16FN3O2. The fraction of sp³-hybridized carbons (Fsp3) is 0.222. The zero-order chi connectivity index (χ0) is 17.1. The van der Waals surface area contributed by atoms with Gasteiger partial charge in [0.2, 0.25) is 5.91 Å². The zero-order valence-corrected chi connectivity index (χ0v) is 13.1. The van der Waals surface area contributed by atoms with Crippen molar-refractivity contribution >= 4 is 11.6 Å². The van der Waals surface area contributed by atoms with Gasteiger partial charge in [0.25, 0.3) is 0 Å². The van der Waals surface area contributed by atoms with Gasteiger partial charge in [0.05, 0.1) is 5.56 Å². The van der Waals surface area contributed by atoms with E-state index in [2.05, 4.69) is 5.32 Å². The third-order valence-corrected chi connectivity index (χ3v) is 3.93. The van der Waals surface area contributed by atoms with E-state index in [1.807, 2.05) is 6.07 Å². The maximum absolute atomic E-state index is 14.3. The second-order valence-electron chi connectivity index (χ2n) is 5.60. The lowest BCUT2D eigenvalue weighted by atomic mass is 10.2. The van der Waals surface area contributed by atoms with Crippen molar-refractivity contribution in [3.63, 3.8) is 0 Å². The highest BCUT2D eigenvalue weighted by atomic mass is 19.1. The number of likely N-dealkylation sites (tertiary alicyclic amines) is 1. The number of rotatable bonds is 4. The molecule has 0 aromatic heterocycles. The third kappa shape index (κ3) is 3.15. The van der Waals surface area contributed by atoms with Crippen LogP contribution in [0, 0.1) is 17.1 Å². The molecule has 1 amide bonds. The second kappa shape index (κ2) is 6.59. The molecule has 0 radical (unpaired) electrons. The molecule has 0 aliphatic carbocycles. The minimum atomic E-state index is -0.563. The Kier molecular flexibility index (Phi) is 4.34. The fourth-order valence-corrected chi connectivity index (χ4v) is 2.60. The number of para-hydroxylation sites is 1. The first-order valence-corrected chi connectivity index (χ1v) is 7.56. The Hall–Kier alpha value is -3.07. The van der Waals surface area contributed by atoms with Gasteiger partial charge < -0.3 is 15.0 Å². The van der Waals surface area contributed by atoms with Gasteiger partial charge in [-0.2, -0.15) is 5.26 Å². The van der Waals surface area contributed by atoms with E-state index in [1.54, 1.807) is 42.3 Å². The molecule has 1 fully saturated rings. The van der Waals surface area contributed by atoms with Crippen LogP contribution in [-0.2, 0) is 4.79 Å². The first kappa shape index (κ1) is 15.8. The summed E-state index contributed by atoms with van der Waals surface area (Å²) in [5.41, 5.74) is 0.848. The van der Waals surface area contributed by atoms with Crippen LogP contribution in [0.25, 0.3) is 0 Å². The van der Waals surface area contributed by atoms with Gasteiger partial charge in [0.15, 0.2) is 11.6 Å². The summed E-state index contributed by atoms with van der Waals surface area (Å²) in [4.78, 5) is 13.5. The number of likely N-dealkylation sites (N-methyl/N-ethyl adjacent to an activating group) is 1. The van der Waals surface area contributed by atoms with Crippen LogP contribution in [0.5, 0.6) is 11.5 Å². The minimum Gasteiger partial charge on any atom is -0.453 e. The van der Waals surface area contributed by atoms with Crippen molar-refractivity contribution in [2.45, 2.75) is 12.5 Å². The van der Waals surface area contributed by atoms with Crippen LogP contribution in [0.2, 0.25) is 0 Å². The molecule has 1 aliphatic heterocycles. The normalized spacial score (nSPS) is 16.8. The molecule has 2 aromatic rings. The Morgan fingerprint density at radius 3 is 2.75 bits per heavy atom. The van der Waals surface area contributed by atoms with Crippen molar-refractivity contribution in [3.05, 3.63) is 53.8 Å². The van der Waals surface area contributed by atoms with Gasteiger partial charge in [-0.1, -0.05) is 12.1 Å². The highest BCUT2D eigenvalue weighted by Crippen LogP contribution is 2.29. The van der Waals surface area contributed by atoms with Crippen molar-refractivity contribution in [3.8, 4) is 17.6 Å². The van der Waals surface area contributed by atoms with Gasteiger partial charge in [-0.25, -0.2) is 4.39 Å². The van der Waals surface area contributed by atoms with Crippen LogP contribution in [0.3, 0.4) is 0 Å². The predicted octanol–water partition coefficient (Wildman–Crippen LogP) is 3.13. The monoisotopic (exact) mass is 325 g/mol. The SMILES string of the molecule is CN1CC[C@@H](Nc2ccc(Oc3ccccc3C#N)c(F)c2)C1=O. The number of nitriles is 1. The van der Waals surface area contributed by atoms with Crippen LogP contribution >= 0.6 is 0 Å². The average Bonchev–Trinajstić information content (AvgIpc) is 2.90. The largest absolute Gasteiger partial charge is 0.453 e. The summed E-state index contributed by atoms with van der Waals surface area (Å²) in [6.45, 7) is 0.686. The Balaban J connectivity index is 1.76. The number of anilines is 1. The number of nitrogens with zero attached hydrogens (tertiary/aromatic N) is 2. The topological polar surface area (TPSA) is 65.4 Å². The highest BCUT2D eigenvalue weighted by molar-refractivity contribution is 5.86. The fourth-order valence-electron chi connectivity index (χ4n) is 2.60. The van der Waals surface area contributed by atoms with Crippen molar-refractivity contribution in [2.24, 2.45) is 0 Å². The van der Waals surface area contributed by atoms with Crippen LogP contribution in [0.4, 0.5) is 10.1 Å². The van der Waals surface area contributed by atoms with Gasteiger partial charge >= 0.3 is 0 Å². The molecule has 24 heavy (non-hydrogen) atoms. The Bertz CT molecular complexity index is 816. The summed E-state index contributed by atoms with van der Waals surface area (Å²) in [6.07, 6.45) is 0.685. The van der Waals surface area contributed by atoms with E-state index in [-0.39, 0.29) is 17.7 Å². The number of ether oxygens (including phenoxy) is 1. The van der Waals surface area contributed by atoms with Gasteiger partial charge in [-0.15, -0.1) is 0 Å². The molecule has 0 bridgehead atoms. The van der Waals surface area contributed by atoms with Gasteiger partial charge in [-0.05, 0) is 30.7 Å². The second-order valence-corrected chi connectivity index (χ2v) is 5.60. The minimum absolute atomic E-state index is 0.00122. The molecule has 122 valence electrons. The predicted molar refractivity (Wildman–Crippen MR) is 87.3 cm³/mol. The van der Waals surface area contributed by atoms with E-state index in [0.717, 1.165) is 0 Å². The van der Waals surface area contributed by atoms with Crippen molar-refractivity contribution in [2.75, 3.05) is 18.9 Å². The lowest BCUT2D eigenvalue weighted by Gasteiger charge is -2.14. The zero-order valence-electron chi connectivity index (χ0n) is 13.1. The first-order chi connectivity index (χ1) is 11.6. The van der Waals surface area contributed by atoms with Crippen LogP contribution in [0.1, 0.15) is 12.0 Å². The van der Waals surface area contributed by atoms with Crippen LogP contribution in [-0.4, -0.2) is 30.4 Å². The van der Waals surface area contributed by atoms with Crippen LogP contribution < -0.4 is 10.1 Å². The summed E-state index contributed by atoms with van der Waals surface area (Å²) < 4.78 is 19.8. The number of benzene rings is 2. The molecule has 1 atom stereocenters. The summed E-state index contributed by atoms with van der Waals surface area (Å²) in [5.74, 6) is -0.240. The maximum atomic E-state index is 14.3. The molecule has 3 rings (SSSR count). The Morgan fingerprint density at radius 1 is 1.29 bits per heavy atom. The van der Waals surface area contributed by atoms with E-state index in [1.165, 1.54) is 12.1 Å². The van der Waals surface area contributed by atoms with E-state index >= 15 is 0 Å². The standard InChI is InChI=1S/C18H16FN3O2/c1-22-9-8-15(18(22)23)21-13-6-7-17(14(19)10-13)24-16-5-3-2-4-12(16)11-20/h2-7,10,15,21H,8-9H2,1H3/t15-/m1/s1. The summed E-state index contributed by atoms with van der Waals surface area (Å²) in [5, 5.41) is 12.1. The number of nitrogens with one attached hydrogen (secondary N) is 1. The molecule has 1 N–H and O–H groups in total. The molecule has 5 nitrogen and oxygen atoms in total.